The van der Waals surface area contributed by atoms with E-state index in [9.17, 15) is 9.50 Å². The maximum Gasteiger partial charge on any atom is 0.124 e. The second kappa shape index (κ2) is 4.42. The molecular weight excluding hydrogens is 181 g/mol. The molecule has 3 heteroatoms. The van der Waals surface area contributed by atoms with Crippen LogP contribution in [-0.2, 0) is 0 Å². The standard InChI is InChI=1S/C11H16FNO/c1-7(3-4-13)10-6-9(12)5-8(2)11(10)14/h5-7,14H,3-4,13H2,1-2H3. The van der Waals surface area contributed by atoms with Crippen molar-refractivity contribution in [1.29, 1.82) is 0 Å². The van der Waals surface area contributed by atoms with E-state index in [1.54, 1.807) is 6.92 Å². The summed E-state index contributed by atoms with van der Waals surface area (Å²) in [5.74, 6) is -0.0269. The number of phenols is 1. The molecule has 0 aliphatic heterocycles. The van der Waals surface area contributed by atoms with Crippen LogP contribution in [0.2, 0.25) is 0 Å². The van der Waals surface area contributed by atoms with E-state index in [2.05, 4.69) is 0 Å². The van der Waals surface area contributed by atoms with E-state index in [4.69, 9.17) is 5.73 Å². The summed E-state index contributed by atoms with van der Waals surface area (Å²) in [7, 11) is 0. The molecule has 78 valence electrons. The van der Waals surface area contributed by atoms with E-state index in [0.717, 1.165) is 6.42 Å². The Hall–Kier alpha value is -1.09. The molecule has 1 rings (SSSR count). The Balaban J connectivity index is 3.07. The van der Waals surface area contributed by atoms with Gasteiger partial charge in [-0.1, -0.05) is 6.92 Å². The van der Waals surface area contributed by atoms with Crippen LogP contribution in [0.15, 0.2) is 12.1 Å². The lowest BCUT2D eigenvalue weighted by Gasteiger charge is -2.14. The van der Waals surface area contributed by atoms with E-state index < -0.39 is 0 Å². The van der Waals surface area contributed by atoms with E-state index in [0.29, 0.717) is 17.7 Å². The van der Waals surface area contributed by atoms with Crippen LogP contribution in [-0.4, -0.2) is 11.7 Å². The molecule has 0 heterocycles. The zero-order valence-electron chi connectivity index (χ0n) is 8.55. The van der Waals surface area contributed by atoms with Gasteiger partial charge in [0.15, 0.2) is 0 Å². The third-order valence-electron chi connectivity index (χ3n) is 2.43. The highest BCUT2D eigenvalue weighted by Gasteiger charge is 2.13. The van der Waals surface area contributed by atoms with Gasteiger partial charge < -0.3 is 10.8 Å². The van der Waals surface area contributed by atoms with Crippen molar-refractivity contribution in [3.63, 3.8) is 0 Å². The van der Waals surface area contributed by atoms with Crippen molar-refractivity contribution in [2.24, 2.45) is 5.73 Å². The molecule has 2 nitrogen and oxygen atoms in total. The third-order valence-corrected chi connectivity index (χ3v) is 2.43. The van der Waals surface area contributed by atoms with Gasteiger partial charge in [0.25, 0.3) is 0 Å². The molecule has 0 saturated heterocycles. The zero-order chi connectivity index (χ0) is 10.7. The van der Waals surface area contributed by atoms with Crippen molar-refractivity contribution in [3.8, 4) is 5.75 Å². The van der Waals surface area contributed by atoms with Crippen molar-refractivity contribution >= 4 is 0 Å². The van der Waals surface area contributed by atoms with Crippen LogP contribution in [0.5, 0.6) is 5.75 Å². The van der Waals surface area contributed by atoms with Crippen molar-refractivity contribution < 1.29 is 9.50 Å². The molecule has 0 aliphatic rings. The summed E-state index contributed by atoms with van der Waals surface area (Å²) in [4.78, 5) is 0. The smallest absolute Gasteiger partial charge is 0.124 e. The fourth-order valence-electron chi connectivity index (χ4n) is 1.54. The lowest BCUT2D eigenvalue weighted by atomic mass is 9.95. The number of hydrogen-bond donors (Lipinski definition) is 2. The lowest BCUT2D eigenvalue weighted by molar-refractivity contribution is 0.453. The van der Waals surface area contributed by atoms with Gasteiger partial charge in [0.1, 0.15) is 11.6 Å². The molecule has 1 unspecified atom stereocenters. The van der Waals surface area contributed by atoms with E-state index >= 15 is 0 Å². The number of aryl methyl sites for hydroxylation is 1. The Kier molecular flexibility index (Phi) is 3.47. The van der Waals surface area contributed by atoms with Gasteiger partial charge in [0, 0.05) is 0 Å². The maximum atomic E-state index is 13.1. The fraction of sp³-hybridized carbons (Fsp3) is 0.455. The van der Waals surface area contributed by atoms with Gasteiger partial charge >= 0.3 is 0 Å². The topological polar surface area (TPSA) is 46.2 Å². The minimum atomic E-state index is -0.306. The van der Waals surface area contributed by atoms with Crippen LogP contribution >= 0.6 is 0 Å². The molecule has 1 aromatic rings. The van der Waals surface area contributed by atoms with Crippen LogP contribution in [0.4, 0.5) is 4.39 Å². The molecule has 0 aromatic heterocycles. The Morgan fingerprint density at radius 2 is 2.14 bits per heavy atom. The third kappa shape index (κ3) is 2.23. The predicted molar refractivity (Wildman–Crippen MR) is 54.9 cm³/mol. The molecule has 3 N–H and O–H groups in total. The van der Waals surface area contributed by atoms with Crippen LogP contribution in [0.25, 0.3) is 0 Å². The minimum absolute atomic E-state index is 0.0920. The SMILES string of the molecule is Cc1cc(F)cc(C(C)CCN)c1O. The lowest BCUT2D eigenvalue weighted by Crippen LogP contribution is -2.05. The minimum Gasteiger partial charge on any atom is -0.507 e. The highest BCUT2D eigenvalue weighted by atomic mass is 19.1. The number of hydrogen-bond acceptors (Lipinski definition) is 2. The van der Waals surface area contributed by atoms with Crippen molar-refractivity contribution in [2.75, 3.05) is 6.54 Å². The average molecular weight is 197 g/mol. The van der Waals surface area contributed by atoms with E-state index in [1.807, 2.05) is 6.92 Å². The molecule has 0 fully saturated rings. The van der Waals surface area contributed by atoms with Crippen LogP contribution in [0.3, 0.4) is 0 Å². The molecular formula is C11H16FNO. The van der Waals surface area contributed by atoms with Crippen LogP contribution < -0.4 is 5.73 Å². The number of halogens is 1. The summed E-state index contributed by atoms with van der Waals surface area (Å²) < 4.78 is 13.1. The molecule has 0 bridgehead atoms. The van der Waals surface area contributed by atoms with Gasteiger partial charge in [0.2, 0.25) is 0 Å². The van der Waals surface area contributed by atoms with Crippen molar-refractivity contribution in [3.05, 3.63) is 29.1 Å². The first-order chi connectivity index (χ1) is 6.56. The van der Waals surface area contributed by atoms with Gasteiger partial charge in [-0.2, -0.15) is 0 Å². The average Bonchev–Trinajstić information content (AvgIpc) is 2.11. The van der Waals surface area contributed by atoms with E-state index in [1.165, 1.54) is 12.1 Å². The van der Waals surface area contributed by atoms with Crippen molar-refractivity contribution in [2.45, 2.75) is 26.2 Å². The highest BCUT2D eigenvalue weighted by Crippen LogP contribution is 2.31. The summed E-state index contributed by atoms with van der Waals surface area (Å²) in [6, 6.07) is 2.71. The zero-order valence-corrected chi connectivity index (χ0v) is 8.55. The van der Waals surface area contributed by atoms with Gasteiger partial charge in [-0.15, -0.1) is 0 Å². The number of benzene rings is 1. The maximum absolute atomic E-state index is 13.1. The Morgan fingerprint density at radius 1 is 1.50 bits per heavy atom. The summed E-state index contributed by atoms with van der Waals surface area (Å²) in [6.45, 7) is 4.16. The molecule has 1 atom stereocenters. The quantitative estimate of drug-likeness (QED) is 0.781. The first kappa shape index (κ1) is 11.0. The molecule has 14 heavy (non-hydrogen) atoms. The Labute approximate surface area is 83.6 Å². The van der Waals surface area contributed by atoms with Crippen LogP contribution in [0.1, 0.15) is 30.4 Å². The number of rotatable bonds is 3. The van der Waals surface area contributed by atoms with E-state index in [-0.39, 0.29) is 17.5 Å². The first-order valence-electron chi connectivity index (χ1n) is 4.75. The number of phenolic OH excluding ortho intramolecular Hbond substituents is 1. The molecule has 0 saturated carbocycles. The molecule has 0 aliphatic carbocycles. The normalized spacial score (nSPS) is 12.9. The van der Waals surface area contributed by atoms with Gasteiger partial charge in [-0.3, -0.25) is 0 Å². The monoisotopic (exact) mass is 197 g/mol. The summed E-state index contributed by atoms with van der Waals surface area (Å²) in [5.41, 5.74) is 6.64. The second-order valence-corrected chi connectivity index (χ2v) is 3.64. The second-order valence-electron chi connectivity index (χ2n) is 3.64. The van der Waals surface area contributed by atoms with Crippen molar-refractivity contribution in [1.82, 2.24) is 0 Å². The predicted octanol–water partition coefficient (Wildman–Crippen LogP) is 2.29. The summed E-state index contributed by atoms with van der Waals surface area (Å²) in [6.07, 6.45) is 0.746. The van der Waals surface area contributed by atoms with Crippen LogP contribution in [0, 0.1) is 12.7 Å². The first-order valence-corrected chi connectivity index (χ1v) is 4.75. The number of nitrogens with two attached hydrogens (primary N) is 1. The molecule has 0 spiro atoms. The molecule has 0 radical (unpaired) electrons. The van der Waals surface area contributed by atoms with Gasteiger partial charge in [-0.05, 0) is 49.1 Å². The molecule has 0 amide bonds. The molecule has 1 aromatic carbocycles. The Bertz CT molecular complexity index is 325. The number of aromatic hydroxyl groups is 1. The Morgan fingerprint density at radius 3 is 2.71 bits per heavy atom. The summed E-state index contributed by atoms with van der Waals surface area (Å²) in [5, 5.41) is 9.71. The summed E-state index contributed by atoms with van der Waals surface area (Å²) >= 11 is 0. The van der Waals surface area contributed by atoms with Gasteiger partial charge in [-0.25, -0.2) is 4.39 Å². The largest absolute Gasteiger partial charge is 0.507 e. The van der Waals surface area contributed by atoms with Gasteiger partial charge in [0.05, 0.1) is 0 Å². The fourth-order valence-corrected chi connectivity index (χ4v) is 1.54. The highest BCUT2D eigenvalue weighted by molar-refractivity contribution is 5.41.